The Labute approximate surface area is 90.8 Å². The first-order valence-electron chi connectivity index (χ1n) is 5.96. The van der Waals surface area contributed by atoms with Gasteiger partial charge in [-0.05, 0) is 49.3 Å². The fourth-order valence-electron chi connectivity index (χ4n) is 3.24. The third kappa shape index (κ3) is 1.70. The Balaban J connectivity index is 1.59. The highest BCUT2D eigenvalue weighted by Gasteiger charge is 2.38. The fraction of sp³-hybridized carbons (Fsp3) is 1.00. The van der Waals surface area contributed by atoms with E-state index < -0.39 is 0 Å². The zero-order valence-corrected chi connectivity index (χ0v) is 9.56. The second-order valence-corrected chi connectivity index (χ2v) is 6.20. The summed E-state index contributed by atoms with van der Waals surface area (Å²) in [6.45, 7) is 5.32. The average molecular weight is 212 g/mol. The topological polar surface area (TPSA) is 15.3 Å². The highest BCUT2D eigenvalue weighted by Crippen LogP contribution is 2.31. The minimum atomic E-state index is 0.932. The summed E-state index contributed by atoms with van der Waals surface area (Å²) in [6, 6.07) is 0.932. The van der Waals surface area contributed by atoms with Crippen molar-refractivity contribution < 1.29 is 0 Å². The predicted molar refractivity (Wildman–Crippen MR) is 61.8 cm³/mol. The molecular formula is C11H20N2S. The minimum Gasteiger partial charge on any atom is -0.316 e. The van der Waals surface area contributed by atoms with Gasteiger partial charge in [-0.15, -0.1) is 0 Å². The van der Waals surface area contributed by atoms with E-state index in [0.29, 0.717) is 0 Å². The Bertz CT molecular complexity index is 191. The van der Waals surface area contributed by atoms with Crippen molar-refractivity contribution in [2.24, 2.45) is 11.8 Å². The normalized spacial score (nSPS) is 40.3. The van der Waals surface area contributed by atoms with E-state index in [1.54, 1.807) is 0 Å². The van der Waals surface area contributed by atoms with Gasteiger partial charge in [-0.25, -0.2) is 0 Å². The Hall–Kier alpha value is 0.270. The van der Waals surface area contributed by atoms with Crippen molar-refractivity contribution >= 4 is 11.8 Å². The predicted octanol–water partition coefficient (Wildman–Crippen LogP) is 1.03. The molecule has 3 aliphatic rings. The molecule has 2 unspecified atom stereocenters. The molecule has 2 nitrogen and oxygen atoms in total. The van der Waals surface area contributed by atoms with Crippen molar-refractivity contribution in [3.8, 4) is 0 Å². The first kappa shape index (κ1) is 9.49. The van der Waals surface area contributed by atoms with Crippen LogP contribution in [-0.4, -0.2) is 48.6 Å². The smallest absolute Gasteiger partial charge is 0.0111 e. The van der Waals surface area contributed by atoms with Crippen molar-refractivity contribution in [3.05, 3.63) is 0 Å². The Morgan fingerprint density at radius 3 is 2.29 bits per heavy atom. The van der Waals surface area contributed by atoms with Crippen molar-refractivity contribution in [2.75, 3.05) is 37.7 Å². The minimum absolute atomic E-state index is 0.932. The van der Waals surface area contributed by atoms with Gasteiger partial charge in [-0.1, -0.05) is 0 Å². The van der Waals surface area contributed by atoms with Gasteiger partial charge in [0.05, 0.1) is 0 Å². The molecule has 3 aliphatic heterocycles. The van der Waals surface area contributed by atoms with Gasteiger partial charge in [0.15, 0.2) is 0 Å². The summed E-state index contributed by atoms with van der Waals surface area (Å²) < 4.78 is 0. The van der Waals surface area contributed by atoms with Crippen LogP contribution in [-0.2, 0) is 0 Å². The summed E-state index contributed by atoms with van der Waals surface area (Å²) in [5.74, 6) is 4.75. The van der Waals surface area contributed by atoms with Crippen LogP contribution in [0.1, 0.15) is 12.8 Å². The molecule has 2 atom stereocenters. The van der Waals surface area contributed by atoms with E-state index in [1.807, 2.05) is 0 Å². The molecule has 0 spiro atoms. The molecule has 80 valence electrons. The third-order valence-corrected chi connectivity index (χ3v) is 5.17. The van der Waals surface area contributed by atoms with Gasteiger partial charge < -0.3 is 5.32 Å². The largest absolute Gasteiger partial charge is 0.316 e. The maximum atomic E-state index is 3.52. The van der Waals surface area contributed by atoms with Crippen LogP contribution in [0.4, 0.5) is 0 Å². The van der Waals surface area contributed by atoms with E-state index in [1.165, 1.54) is 50.5 Å². The van der Waals surface area contributed by atoms with E-state index in [2.05, 4.69) is 22.0 Å². The molecule has 14 heavy (non-hydrogen) atoms. The summed E-state index contributed by atoms with van der Waals surface area (Å²) in [7, 11) is 0. The standard InChI is InChI=1S/C11H20N2S/c1-3-14-4-2-11(1)13-7-9-5-12-6-10(9)8-13/h9-12H,1-8H2. The van der Waals surface area contributed by atoms with Crippen molar-refractivity contribution in [1.29, 1.82) is 0 Å². The Kier molecular flexibility index (Phi) is 2.73. The monoisotopic (exact) mass is 212 g/mol. The van der Waals surface area contributed by atoms with Crippen LogP contribution < -0.4 is 5.32 Å². The zero-order valence-electron chi connectivity index (χ0n) is 8.74. The molecule has 0 bridgehead atoms. The first-order chi connectivity index (χ1) is 6.93. The Morgan fingerprint density at radius 2 is 1.64 bits per heavy atom. The third-order valence-electron chi connectivity index (χ3n) is 4.12. The highest BCUT2D eigenvalue weighted by atomic mass is 32.2. The molecule has 0 aromatic heterocycles. The second-order valence-electron chi connectivity index (χ2n) is 4.98. The Morgan fingerprint density at radius 1 is 1.00 bits per heavy atom. The van der Waals surface area contributed by atoms with Gasteiger partial charge in [0, 0.05) is 19.1 Å². The quantitative estimate of drug-likeness (QED) is 0.699. The van der Waals surface area contributed by atoms with Gasteiger partial charge >= 0.3 is 0 Å². The van der Waals surface area contributed by atoms with Crippen molar-refractivity contribution in [1.82, 2.24) is 10.2 Å². The summed E-state index contributed by atoms with van der Waals surface area (Å²) >= 11 is 2.14. The van der Waals surface area contributed by atoms with Crippen LogP contribution >= 0.6 is 11.8 Å². The lowest BCUT2D eigenvalue weighted by atomic mass is 10.0. The summed E-state index contributed by atoms with van der Waals surface area (Å²) in [6.07, 6.45) is 2.88. The molecule has 3 saturated heterocycles. The lowest BCUT2D eigenvalue weighted by molar-refractivity contribution is 0.214. The van der Waals surface area contributed by atoms with Crippen LogP contribution in [0.5, 0.6) is 0 Å². The fourth-order valence-corrected chi connectivity index (χ4v) is 4.32. The van der Waals surface area contributed by atoms with E-state index in [-0.39, 0.29) is 0 Å². The first-order valence-corrected chi connectivity index (χ1v) is 7.11. The molecule has 1 N–H and O–H groups in total. The van der Waals surface area contributed by atoms with Crippen LogP contribution in [0.25, 0.3) is 0 Å². The van der Waals surface area contributed by atoms with Crippen LogP contribution in [0, 0.1) is 11.8 Å². The molecule has 0 aromatic carbocycles. The van der Waals surface area contributed by atoms with Gasteiger partial charge in [0.25, 0.3) is 0 Å². The van der Waals surface area contributed by atoms with E-state index in [0.717, 1.165) is 17.9 Å². The molecular weight excluding hydrogens is 192 g/mol. The van der Waals surface area contributed by atoms with E-state index >= 15 is 0 Å². The number of thioether (sulfide) groups is 1. The zero-order chi connectivity index (χ0) is 9.38. The maximum Gasteiger partial charge on any atom is 0.0111 e. The van der Waals surface area contributed by atoms with Gasteiger partial charge in [-0.3, -0.25) is 4.90 Å². The van der Waals surface area contributed by atoms with Crippen molar-refractivity contribution in [3.63, 3.8) is 0 Å². The number of nitrogens with zero attached hydrogens (tertiary/aromatic N) is 1. The lowest BCUT2D eigenvalue weighted by Gasteiger charge is -2.31. The number of hydrogen-bond acceptors (Lipinski definition) is 3. The van der Waals surface area contributed by atoms with Crippen LogP contribution in [0.3, 0.4) is 0 Å². The van der Waals surface area contributed by atoms with E-state index in [9.17, 15) is 0 Å². The molecule has 3 heterocycles. The van der Waals surface area contributed by atoms with Crippen LogP contribution in [0.2, 0.25) is 0 Å². The van der Waals surface area contributed by atoms with Gasteiger partial charge in [0.1, 0.15) is 0 Å². The molecule has 0 radical (unpaired) electrons. The molecule has 0 aromatic rings. The molecule has 0 saturated carbocycles. The SMILES string of the molecule is C1CC(N2CC3CNCC3C2)CCS1. The highest BCUT2D eigenvalue weighted by molar-refractivity contribution is 7.99. The van der Waals surface area contributed by atoms with E-state index in [4.69, 9.17) is 0 Å². The summed E-state index contributed by atoms with van der Waals surface area (Å²) in [4.78, 5) is 2.79. The van der Waals surface area contributed by atoms with Gasteiger partial charge in [-0.2, -0.15) is 11.8 Å². The summed E-state index contributed by atoms with van der Waals surface area (Å²) in [5.41, 5.74) is 0. The lowest BCUT2D eigenvalue weighted by Crippen LogP contribution is -2.38. The number of nitrogens with one attached hydrogen (secondary N) is 1. The summed E-state index contributed by atoms with van der Waals surface area (Å²) in [5, 5.41) is 3.52. The average Bonchev–Trinajstić information content (AvgIpc) is 2.78. The van der Waals surface area contributed by atoms with Crippen molar-refractivity contribution in [2.45, 2.75) is 18.9 Å². The maximum absolute atomic E-state index is 3.52. The number of hydrogen-bond donors (Lipinski definition) is 1. The second kappa shape index (κ2) is 4.03. The molecule has 3 rings (SSSR count). The molecule has 0 aliphatic carbocycles. The number of fused-ring (bicyclic) bond motifs is 1. The number of rotatable bonds is 1. The molecule has 3 heteroatoms. The van der Waals surface area contributed by atoms with Crippen LogP contribution in [0.15, 0.2) is 0 Å². The molecule has 0 amide bonds. The number of likely N-dealkylation sites (tertiary alicyclic amines) is 1. The van der Waals surface area contributed by atoms with Gasteiger partial charge in [0.2, 0.25) is 0 Å². The molecule has 3 fully saturated rings.